The summed E-state index contributed by atoms with van der Waals surface area (Å²) < 4.78 is 49.2. The molecule has 14 heteroatoms. The van der Waals surface area contributed by atoms with E-state index in [0.29, 0.717) is 37.2 Å². The number of hydrogen-bond donors (Lipinski definition) is 3. The van der Waals surface area contributed by atoms with E-state index in [0.717, 1.165) is 22.7 Å². The molecule has 39 heavy (non-hydrogen) atoms. The molecule has 0 spiro atoms. The van der Waals surface area contributed by atoms with E-state index in [4.69, 9.17) is 14.9 Å². The maximum atomic E-state index is 13.3. The summed E-state index contributed by atoms with van der Waals surface area (Å²) in [6, 6.07) is 4.68. The summed E-state index contributed by atoms with van der Waals surface area (Å²) in [5, 5.41) is 31.9. The van der Waals surface area contributed by atoms with E-state index in [-0.39, 0.29) is 43.5 Å². The zero-order chi connectivity index (χ0) is 26.9. The lowest BCUT2D eigenvalue weighted by atomic mass is 9.93. The van der Waals surface area contributed by atoms with Crippen molar-refractivity contribution in [2.45, 2.75) is 56.7 Å². The molecule has 210 valence electrons. The first kappa shape index (κ1) is 28.6. The zero-order valence-corrected chi connectivity index (χ0v) is 21.9. The summed E-state index contributed by atoms with van der Waals surface area (Å²) in [7, 11) is 1.78. The molecule has 0 aliphatic heterocycles. The molecule has 3 N–H and O–H groups in total. The van der Waals surface area contributed by atoms with Crippen LogP contribution < -0.4 is 10.1 Å². The van der Waals surface area contributed by atoms with Gasteiger partial charge in [0.1, 0.15) is 11.5 Å². The first-order chi connectivity index (χ1) is 18.3. The first-order valence-corrected chi connectivity index (χ1v) is 12.3. The molecule has 1 atom stereocenters. The van der Waals surface area contributed by atoms with E-state index in [9.17, 15) is 18.3 Å². The van der Waals surface area contributed by atoms with Crippen LogP contribution in [-0.4, -0.2) is 65.6 Å². The number of alkyl halides is 3. The Kier molecular flexibility index (Phi) is 8.62. The molecule has 0 aromatic carbocycles. The second-order valence-electron chi connectivity index (χ2n) is 9.31. The smallest absolute Gasteiger partial charge is 0.437 e. The van der Waals surface area contributed by atoms with Crippen LogP contribution in [0, 0.1) is 0 Å². The monoisotopic (exact) mass is 567 g/mol. The standard InChI is InChI=1S/C25H28F3N7O3.ClH/c1-29-22-9-20-19(11-31-22)23(15-10-32-34(12-15)13-17(37)14-36)33-35(20)16-4-6-18(7-5-16)38-21-3-2-8-30-24(21)25(26,27)28;/h2-3,8-12,16-18,36-37H,4-7,13-14H2,1H3,(H,29,31);1H/t16?,17-,18?;/m0./s1. The molecule has 0 amide bonds. The number of aliphatic hydroxyl groups is 2. The van der Waals surface area contributed by atoms with Crippen LogP contribution in [0.5, 0.6) is 5.75 Å². The van der Waals surface area contributed by atoms with Gasteiger partial charge < -0.3 is 20.3 Å². The molecule has 4 heterocycles. The molecule has 10 nitrogen and oxygen atoms in total. The van der Waals surface area contributed by atoms with Crippen molar-refractivity contribution in [3.8, 4) is 17.0 Å². The van der Waals surface area contributed by atoms with Crippen molar-refractivity contribution in [2.24, 2.45) is 0 Å². The maximum Gasteiger partial charge on any atom is 0.437 e. The van der Waals surface area contributed by atoms with Gasteiger partial charge >= 0.3 is 6.18 Å². The Labute approximate surface area is 228 Å². The highest BCUT2D eigenvalue weighted by Crippen LogP contribution is 2.39. The van der Waals surface area contributed by atoms with E-state index in [1.54, 1.807) is 30.3 Å². The number of anilines is 1. The van der Waals surface area contributed by atoms with E-state index >= 15 is 0 Å². The predicted molar refractivity (Wildman–Crippen MR) is 140 cm³/mol. The van der Waals surface area contributed by atoms with Gasteiger partial charge in [0.25, 0.3) is 0 Å². The van der Waals surface area contributed by atoms with Crippen molar-refractivity contribution in [2.75, 3.05) is 19.0 Å². The van der Waals surface area contributed by atoms with Gasteiger partial charge in [-0.1, -0.05) is 0 Å². The fraction of sp³-hybridized carbons (Fsp3) is 0.440. The van der Waals surface area contributed by atoms with Crippen molar-refractivity contribution >= 4 is 29.1 Å². The zero-order valence-electron chi connectivity index (χ0n) is 21.0. The van der Waals surface area contributed by atoms with Gasteiger partial charge in [-0.3, -0.25) is 9.36 Å². The number of aliphatic hydroxyl groups excluding tert-OH is 2. The normalized spacial score (nSPS) is 18.5. The van der Waals surface area contributed by atoms with Crippen LogP contribution in [0.3, 0.4) is 0 Å². The maximum absolute atomic E-state index is 13.3. The minimum absolute atomic E-state index is 0. The van der Waals surface area contributed by atoms with Crippen LogP contribution in [0.4, 0.5) is 19.0 Å². The lowest BCUT2D eigenvalue weighted by Gasteiger charge is -2.30. The van der Waals surface area contributed by atoms with E-state index in [1.807, 2.05) is 10.7 Å². The molecule has 1 saturated carbocycles. The van der Waals surface area contributed by atoms with Gasteiger partial charge in [0.15, 0.2) is 11.4 Å². The van der Waals surface area contributed by atoms with Gasteiger partial charge in [-0.25, -0.2) is 9.97 Å². The quantitative estimate of drug-likeness (QED) is 0.291. The summed E-state index contributed by atoms with van der Waals surface area (Å²) in [4.78, 5) is 7.92. The topological polar surface area (TPSA) is 123 Å². The number of pyridine rings is 2. The van der Waals surface area contributed by atoms with Crippen LogP contribution >= 0.6 is 12.4 Å². The molecule has 0 bridgehead atoms. The molecular weight excluding hydrogens is 539 g/mol. The molecule has 1 fully saturated rings. The molecule has 0 saturated heterocycles. The summed E-state index contributed by atoms with van der Waals surface area (Å²) in [5.41, 5.74) is 1.29. The molecule has 5 rings (SSSR count). The fourth-order valence-corrected chi connectivity index (χ4v) is 4.81. The second-order valence-corrected chi connectivity index (χ2v) is 9.31. The highest BCUT2D eigenvalue weighted by Gasteiger charge is 2.37. The summed E-state index contributed by atoms with van der Waals surface area (Å²) in [6.07, 6.45) is 2.87. The molecule has 0 unspecified atom stereocenters. The summed E-state index contributed by atoms with van der Waals surface area (Å²) >= 11 is 0. The minimum Gasteiger partial charge on any atom is -0.488 e. The average Bonchev–Trinajstić information content (AvgIpc) is 3.53. The van der Waals surface area contributed by atoms with Gasteiger partial charge in [-0.05, 0) is 37.8 Å². The Morgan fingerprint density at radius 1 is 1.18 bits per heavy atom. The molecule has 4 aromatic rings. The number of fused-ring (bicyclic) bond motifs is 1. The summed E-state index contributed by atoms with van der Waals surface area (Å²) in [6.45, 7) is -0.220. The van der Waals surface area contributed by atoms with Crippen molar-refractivity contribution in [3.63, 3.8) is 0 Å². The second kappa shape index (κ2) is 11.8. The third kappa shape index (κ3) is 6.10. The highest BCUT2D eigenvalue weighted by molar-refractivity contribution is 5.93. The van der Waals surface area contributed by atoms with Gasteiger partial charge in [0.2, 0.25) is 0 Å². The number of nitrogens with zero attached hydrogens (tertiary/aromatic N) is 6. The fourth-order valence-electron chi connectivity index (χ4n) is 4.81. The van der Waals surface area contributed by atoms with Gasteiger partial charge in [0, 0.05) is 42.7 Å². The molecule has 0 radical (unpaired) electrons. The van der Waals surface area contributed by atoms with Gasteiger partial charge in [-0.15, -0.1) is 12.4 Å². The Hall–Kier alpha value is -3.42. The van der Waals surface area contributed by atoms with Crippen LogP contribution in [0.25, 0.3) is 22.2 Å². The minimum atomic E-state index is -4.58. The first-order valence-electron chi connectivity index (χ1n) is 12.3. The molecule has 1 aliphatic carbocycles. The van der Waals surface area contributed by atoms with Gasteiger partial charge in [0.05, 0.1) is 43.1 Å². The average molecular weight is 568 g/mol. The van der Waals surface area contributed by atoms with E-state index in [2.05, 4.69) is 20.4 Å². The van der Waals surface area contributed by atoms with E-state index in [1.165, 1.54) is 12.1 Å². The number of hydrogen-bond acceptors (Lipinski definition) is 8. The van der Waals surface area contributed by atoms with Crippen LogP contribution in [0.2, 0.25) is 0 Å². The van der Waals surface area contributed by atoms with Crippen LogP contribution in [0.15, 0.2) is 43.0 Å². The highest BCUT2D eigenvalue weighted by atomic mass is 35.5. The Bertz CT molecular complexity index is 1400. The number of rotatable bonds is 8. The van der Waals surface area contributed by atoms with Crippen LogP contribution in [0.1, 0.15) is 37.4 Å². The Morgan fingerprint density at radius 2 is 1.95 bits per heavy atom. The van der Waals surface area contributed by atoms with Crippen molar-refractivity contribution < 1.29 is 28.1 Å². The van der Waals surface area contributed by atoms with Crippen LogP contribution in [-0.2, 0) is 12.7 Å². The van der Waals surface area contributed by atoms with Crippen molar-refractivity contribution in [1.82, 2.24) is 29.5 Å². The number of aromatic nitrogens is 6. The lowest BCUT2D eigenvalue weighted by Crippen LogP contribution is -2.27. The van der Waals surface area contributed by atoms with Gasteiger partial charge in [-0.2, -0.15) is 23.4 Å². The van der Waals surface area contributed by atoms with Crippen molar-refractivity contribution in [1.29, 1.82) is 0 Å². The van der Waals surface area contributed by atoms with E-state index < -0.39 is 18.0 Å². The largest absolute Gasteiger partial charge is 0.488 e. The lowest BCUT2D eigenvalue weighted by molar-refractivity contribution is -0.143. The summed E-state index contributed by atoms with van der Waals surface area (Å²) in [5.74, 6) is 0.434. The molecular formula is C25H29ClF3N7O3. The third-order valence-corrected chi connectivity index (χ3v) is 6.69. The third-order valence-electron chi connectivity index (χ3n) is 6.69. The molecule has 1 aliphatic rings. The number of nitrogens with one attached hydrogen (secondary N) is 1. The van der Waals surface area contributed by atoms with Crippen molar-refractivity contribution in [3.05, 3.63) is 48.7 Å². The Morgan fingerprint density at radius 3 is 2.64 bits per heavy atom. The molecule has 4 aromatic heterocycles. The Balaban J connectivity index is 0.00000353. The SMILES string of the molecule is CNc1cc2c(cn1)c(-c1cnn(C[C@H](O)CO)c1)nn2C1CCC(Oc2cccnc2C(F)(F)F)CC1.Cl. The predicted octanol–water partition coefficient (Wildman–Crippen LogP) is 4.09. The number of ether oxygens (including phenoxy) is 1. The number of halogens is 4.